The molecule has 1 aliphatic rings. The van der Waals surface area contributed by atoms with E-state index in [4.69, 9.17) is 0 Å². The maximum atomic E-state index is 11.3. The zero-order valence-corrected chi connectivity index (χ0v) is 9.99. The molecule has 84 valence electrons. The van der Waals surface area contributed by atoms with E-state index in [9.17, 15) is 4.21 Å². The molecular formula is C10H12N4OS. The average molecular weight is 236 g/mol. The Balaban J connectivity index is 2.26. The van der Waals surface area contributed by atoms with Crippen LogP contribution in [0, 0.1) is 6.92 Å². The number of aryl methyl sites for hydroxylation is 1. The van der Waals surface area contributed by atoms with Crippen LogP contribution in [0.2, 0.25) is 0 Å². The van der Waals surface area contributed by atoms with E-state index in [1.165, 1.54) is 12.8 Å². The van der Waals surface area contributed by atoms with E-state index in [2.05, 4.69) is 15.1 Å². The molecule has 0 saturated heterocycles. The molecule has 0 amide bonds. The molecule has 1 unspecified atom stereocenters. The summed E-state index contributed by atoms with van der Waals surface area (Å²) >= 11 is 0. The zero-order valence-electron chi connectivity index (χ0n) is 9.17. The van der Waals surface area contributed by atoms with Crippen molar-refractivity contribution in [2.24, 2.45) is 0 Å². The highest BCUT2D eigenvalue weighted by molar-refractivity contribution is 7.84. The van der Waals surface area contributed by atoms with Gasteiger partial charge in [-0.2, -0.15) is 0 Å². The molecule has 0 bridgehead atoms. The largest absolute Gasteiger partial charge is 0.251 e. The van der Waals surface area contributed by atoms with Gasteiger partial charge in [-0.15, -0.1) is 5.10 Å². The second kappa shape index (κ2) is 3.35. The molecule has 2 heterocycles. The number of rotatable bonds is 2. The Labute approximate surface area is 95.4 Å². The second-order valence-electron chi connectivity index (χ2n) is 4.12. The number of imidazole rings is 1. The third-order valence-corrected chi connectivity index (χ3v) is 3.48. The molecule has 16 heavy (non-hydrogen) atoms. The molecule has 0 aromatic carbocycles. The molecule has 2 aromatic heterocycles. The van der Waals surface area contributed by atoms with Crippen LogP contribution in [-0.4, -0.2) is 30.0 Å². The summed E-state index contributed by atoms with van der Waals surface area (Å²) in [7, 11) is -1.15. The van der Waals surface area contributed by atoms with E-state index in [0.29, 0.717) is 11.1 Å². The van der Waals surface area contributed by atoms with Gasteiger partial charge in [0.15, 0.2) is 0 Å². The first-order valence-electron chi connectivity index (χ1n) is 5.22. The lowest BCUT2D eigenvalue weighted by Crippen LogP contribution is -2.04. The fourth-order valence-corrected chi connectivity index (χ4v) is 2.17. The third kappa shape index (κ3) is 1.44. The molecule has 1 fully saturated rings. The Kier molecular flexibility index (Phi) is 2.07. The molecule has 1 saturated carbocycles. The van der Waals surface area contributed by atoms with Crippen molar-refractivity contribution in [3.63, 3.8) is 0 Å². The summed E-state index contributed by atoms with van der Waals surface area (Å²) in [4.78, 5) is 8.60. The van der Waals surface area contributed by atoms with Gasteiger partial charge in [0.25, 0.3) is 0 Å². The first kappa shape index (κ1) is 9.89. The van der Waals surface area contributed by atoms with Crippen LogP contribution >= 0.6 is 0 Å². The lowest BCUT2D eigenvalue weighted by molar-refractivity contribution is 0.667. The average Bonchev–Trinajstić information content (AvgIpc) is 3.04. The fraction of sp³-hybridized carbons (Fsp3) is 0.500. The van der Waals surface area contributed by atoms with Gasteiger partial charge in [-0.05, 0) is 19.8 Å². The van der Waals surface area contributed by atoms with Crippen LogP contribution in [0.15, 0.2) is 11.4 Å². The van der Waals surface area contributed by atoms with E-state index in [1.54, 1.807) is 17.0 Å². The summed E-state index contributed by atoms with van der Waals surface area (Å²) in [5, 5.41) is 4.67. The quantitative estimate of drug-likeness (QED) is 0.782. The molecule has 1 aliphatic carbocycles. The van der Waals surface area contributed by atoms with Crippen molar-refractivity contribution >= 4 is 16.3 Å². The molecule has 0 radical (unpaired) electrons. The SMILES string of the molecule is Cc1nc(C2CC2)n2nc(S(C)=O)ncc12. The van der Waals surface area contributed by atoms with Crippen LogP contribution in [0.1, 0.15) is 30.3 Å². The van der Waals surface area contributed by atoms with Crippen LogP contribution in [-0.2, 0) is 10.8 Å². The van der Waals surface area contributed by atoms with Crippen molar-refractivity contribution in [1.82, 2.24) is 19.6 Å². The molecule has 6 heteroatoms. The minimum absolute atomic E-state index is 0.367. The minimum Gasteiger partial charge on any atom is -0.251 e. The maximum absolute atomic E-state index is 11.3. The van der Waals surface area contributed by atoms with Crippen molar-refractivity contribution in [3.05, 3.63) is 17.7 Å². The monoisotopic (exact) mass is 236 g/mol. The third-order valence-electron chi connectivity index (χ3n) is 2.78. The van der Waals surface area contributed by atoms with Crippen molar-refractivity contribution in [2.75, 3.05) is 6.26 Å². The van der Waals surface area contributed by atoms with Crippen LogP contribution in [0.4, 0.5) is 0 Å². The van der Waals surface area contributed by atoms with Gasteiger partial charge in [0.2, 0.25) is 5.16 Å². The predicted octanol–water partition coefficient (Wildman–Crippen LogP) is 1.05. The van der Waals surface area contributed by atoms with Crippen LogP contribution in [0.5, 0.6) is 0 Å². The van der Waals surface area contributed by atoms with Crippen molar-refractivity contribution in [1.29, 1.82) is 0 Å². The molecular weight excluding hydrogens is 224 g/mol. The normalized spacial score (nSPS) is 17.9. The van der Waals surface area contributed by atoms with E-state index < -0.39 is 10.8 Å². The van der Waals surface area contributed by atoms with Crippen molar-refractivity contribution in [3.8, 4) is 0 Å². The van der Waals surface area contributed by atoms with Gasteiger partial charge in [0, 0.05) is 12.2 Å². The molecule has 0 spiro atoms. The van der Waals surface area contributed by atoms with Gasteiger partial charge in [0.05, 0.1) is 22.7 Å². The molecule has 5 nitrogen and oxygen atoms in total. The Morgan fingerprint density at radius 3 is 2.88 bits per heavy atom. The number of aromatic nitrogens is 4. The zero-order chi connectivity index (χ0) is 11.3. The van der Waals surface area contributed by atoms with E-state index in [1.807, 2.05) is 6.92 Å². The summed E-state index contributed by atoms with van der Waals surface area (Å²) in [6.45, 7) is 1.95. The van der Waals surface area contributed by atoms with E-state index >= 15 is 0 Å². The topological polar surface area (TPSA) is 60.2 Å². The van der Waals surface area contributed by atoms with Crippen LogP contribution < -0.4 is 0 Å². The standard InChI is InChI=1S/C10H12N4OS/c1-6-8-5-11-10(16(2)15)13-14(8)9(12-6)7-3-4-7/h5,7H,3-4H2,1-2H3. The van der Waals surface area contributed by atoms with Crippen molar-refractivity contribution in [2.45, 2.75) is 30.8 Å². The molecule has 1 atom stereocenters. The molecule has 2 aromatic rings. The lowest BCUT2D eigenvalue weighted by atomic mass is 10.4. The molecule has 0 N–H and O–H groups in total. The molecule has 3 rings (SSSR count). The summed E-state index contributed by atoms with van der Waals surface area (Å²) in [6.07, 6.45) is 5.64. The highest BCUT2D eigenvalue weighted by Crippen LogP contribution is 2.39. The van der Waals surface area contributed by atoms with Crippen LogP contribution in [0.3, 0.4) is 0 Å². The lowest BCUT2D eigenvalue weighted by Gasteiger charge is -1.99. The summed E-state index contributed by atoms with van der Waals surface area (Å²) in [6, 6.07) is 0. The maximum Gasteiger partial charge on any atom is 0.237 e. The Morgan fingerprint density at radius 1 is 1.50 bits per heavy atom. The van der Waals surface area contributed by atoms with Gasteiger partial charge < -0.3 is 0 Å². The predicted molar refractivity (Wildman–Crippen MR) is 59.8 cm³/mol. The Hall–Kier alpha value is -1.30. The first-order chi connectivity index (χ1) is 7.66. The Morgan fingerprint density at radius 2 is 2.25 bits per heavy atom. The van der Waals surface area contributed by atoms with Gasteiger partial charge >= 0.3 is 0 Å². The highest BCUT2D eigenvalue weighted by atomic mass is 32.2. The minimum atomic E-state index is -1.15. The second-order valence-corrected chi connectivity index (χ2v) is 5.40. The molecule has 0 aliphatic heterocycles. The first-order valence-corrected chi connectivity index (χ1v) is 6.78. The summed E-state index contributed by atoms with van der Waals surface area (Å²) < 4.78 is 13.1. The highest BCUT2D eigenvalue weighted by Gasteiger charge is 2.29. The number of hydrogen-bond acceptors (Lipinski definition) is 4. The fourth-order valence-electron chi connectivity index (χ4n) is 1.77. The van der Waals surface area contributed by atoms with Gasteiger partial charge in [0.1, 0.15) is 11.3 Å². The number of nitrogens with zero attached hydrogens (tertiary/aromatic N) is 4. The smallest absolute Gasteiger partial charge is 0.237 e. The number of fused-ring (bicyclic) bond motifs is 1. The van der Waals surface area contributed by atoms with E-state index in [0.717, 1.165) is 17.0 Å². The number of hydrogen-bond donors (Lipinski definition) is 0. The summed E-state index contributed by atoms with van der Waals surface area (Å²) in [5.41, 5.74) is 1.85. The van der Waals surface area contributed by atoms with Crippen molar-refractivity contribution < 1.29 is 4.21 Å². The van der Waals surface area contributed by atoms with Gasteiger partial charge in [-0.3, -0.25) is 4.21 Å². The van der Waals surface area contributed by atoms with Gasteiger partial charge in [-0.1, -0.05) is 0 Å². The van der Waals surface area contributed by atoms with Crippen LogP contribution in [0.25, 0.3) is 5.52 Å². The van der Waals surface area contributed by atoms with E-state index in [-0.39, 0.29) is 0 Å². The van der Waals surface area contributed by atoms with Gasteiger partial charge in [-0.25, -0.2) is 14.5 Å². The summed E-state index contributed by atoms with van der Waals surface area (Å²) in [5.74, 6) is 1.51. The Bertz CT molecular complexity index is 588.